The summed E-state index contributed by atoms with van der Waals surface area (Å²) in [5, 5.41) is 3.95. The number of benzene rings is 1. The molecule has 1 N–H and O–H groups in total. The van der Waals surface area contributed by atoms with Crippen molar-refractivity contribution >= 4 is 27.2 Å². The second-order valence-electron chi connectivity index (χ2n) is 10.1. The molecule has 2 aromatic rings. The highest BCUT2D eigenvalue weighted by Gasteiger charge is 2.28. The Kier molecular flexibility index (Phi) is 10.1. The number of nitrogens with one attached hydrogen (secondary N) is 1. The Bertz CT molecular complexity index is 1160. The summed E-state index contributed by atoms with van der Waals surface area (Å²) in [6, 6.07) is 5.68. The van der Waals surface area contributed by atoms with Crippen LogP contribution < -0.4 is 5.32 Å². The molecule has 0 amide bonds. The van der Waals surface area contributed by atoms with Crippen molar-refractivity contribution < 1.29 is 22.3 Å². The number of aromatic nitrogens is 2. The van der Waals surface area contributed by atoms with Crippen LogP contribution in [0.5, 0.6) is 0 Å². The molecule has 1 aromatic heterocycles. The molecule has 0 radical (unpaired) electrons. The number of nitrogens with zero attached hydrogens (tertiary/aromatic N) is 4. The van der Waals surface area contributed by atoms with E-state index in [0.29, 0.717) is 36.9 Å². The number of ether oxygens (including phenoxy) is 2. The van der Waals surface area contributed by atoms with Gasteiger partial charge in [-0.25, -0.2) is 17.8 Å². The first-order chi connectivity index (χ1) is 18.2. The van der Waals surface area contributed by atoms with Gasteiger partial charge < -0.3 is 24.3 Å². The van der Waals surface area contributed by atoms with Gasteiger partial charge in [0.25, 0.3) is 0 Å². The van der Waals surface area contributed by atoms with Crippen LogP contribution in [0.25, 0.3) is 0 Å². The van der Waals surface area contributed by atoms with Crippen molar-refractivity contribution in [2.45, 2.75) is 62.8 Å². The summed E-state index contributed by atoms with van der Waals surface area (Å²) >= 11 is 5.75. The Balaban J connectivity index is 1.59. The third kappa shape index (κ3) is 7.95. The van der Waals surface area contributed by atoms with Gasteiger partial charge in [0.15, 0.2) is 5.11 Å². The maximum atomic E-state index is 13.5. The van der Waals surface area contributed by atoms with Crippen molar-refractivity contribution in [2.75, 3.05) is 46.0 Å². The third-order valence-electron chi connectivity index (χ3n) is 6.70. The second kappa shape index (κ2) is 13.3. The molecule has 3 heterocycles. The van der Waals surface area contributed by atoms with Crippen LogP contribution in [0.1, 0.15) is 37.9 Å². The van der Waals surface area contributed by atoms with Gasteiger partial charge in [-0.1, -0.05) is 12.1 Å². The molecule has 12 heteroatoms. The Morgan fingerprint density at radius 3 is 2.63 bits per heavy atom. The lowest BCUT2D eigenvalue weighted by atomic mass is 10.2. The van der Waals surface area contributed by atoms with Gasteiger partial charge in [-0.3, -0.25) is 4.90 Å². The molecule has 0 saturated carbocycles. The number of imidazole rings is 1. The Morgan fingerprint density at radius 2 is 1.97 bits per heavy atom. The van der Waals surface area contributed by atoms with Crippen LogP contribution in [-0.2, 0) is 38.2 Å². The van der Waals surface area contributed by atoms with E-state index in [1.807, 2.05) is 13.8 Å². The molecule has 4 rings (SSSR count). The van der Waals surface area contributed by atoms with E-state index in [2.05, 4.69) is 20.1 Å². The molecular formula is C26H38FN5O4S2. The van der Waals surface area contributed by atoms with Crippen LogP contribution in [0.3, 0.4) is 0 Å². The zero-order valence-corrected chi connectivity index (χ0v) is 23.8. The molecule has 2 aliphatic heterocycles. The van der Waals surface area contributed by atoms with Crippen LogP contribution in [0.2, 0.25) is 0 Å². The number of thiocarbonyl (C=S) groups is 1. The zero-order chi connectivity index (χ0) is 27.1. The van der Waals surface area contributed by atoms with E-state index in [1.165, 1.54) is 24.3 Å². The average Bonchev–Trinajstić information content (AvgIpc) is 3.54. The summed E-state index contributed by atoms with van der Waals surface area (Å²) in [5.74, 6) is -0.667. The molecule has 0 spiro atoms. The van der Waals surface area contributed by atoms with Crippen molar-refractivity contribution in [3.63, 3.8) is 0 Å². The van der Waals surface area contributed by atoms with Crippen molar-refractivity contribution in [2.24, 2.45) is 0 Å². The Morgan fingerprint density at radius 1 is 1.24 bits per heavy atom. The fraction of sp³-hybridized carbons (Fsp3) is 0.615. The largest absolute Gasteiger partial charge is 0.379 e. The molecule has 1 aromatic carbocycles. The van der Waals surface area contributed by atoms with E-state index < -0.39 is 15.7 Å². The molecule has 1 atom stereocenters. The van der Waals surface area contributed by atoms with E-state index in [1.54, 1.807) is 10.8 Å². The smallest absolute Gasteiger partial charge is 0.228 e. The fourth-order valence-electron chi connectivity index (χ4n) is 4.69. The number of hydrogen-bond acceptors (Lipinski definition) is 7. The summed E-state index contributed by atoms with van der Waals surface area (Å²) in [4.78, 5) is 8.81. The maximum Gasteiger partial charge on any atom is 0.228 e. The SMILES string of the molecule is CC(C)NC(=S)N(CCN1CCOCC1)Cc1cnc(S(=O)(=O)Cc2ccc(F)cc2)n1C[C@@H]1CCCO1. The minimum atomic E-state index is -3.80. The lowest BCUT2D eigenvalue weighted by molar-refractivity contribution is 0.0356. The van der Waals surface area contributed by atoms with Crippen molar-refractivity contribution in [3.8, 4) is 0 Å². The van der Waals surface area contributed by atoms with Crippen molar-refractivity contribution in [3.05, 3.63) is 47.5 Å². The standard InChI is InChI=1S/C26H38FN5O4S2/c1-20(2)29-25(37)31(10-9-30-11-14-35-15-12-30)17-23-16-28-26(32(23)18-24-4-3-13-36-24)38(33,34)19-21-5-7-22(27)8-6-21/h5-8,16,20,24H,3-4,9-15,17-19H2,1-2H3,(H,29,37)/t24-/m0/s1. The number of sulfone groups is 1. The van der Waals surface area contributed by atoms with E-state index in [0.717, 1.165) is 51.4 Å². The molecule has 0 unspecified atom stereocenters. The molecule has 210 valence electrons. The summed E-state index contributed by atoms with van der Waals surface area (Å²) in [5.41, 5.74) is 1.27. The quantitative estimate of drug-likeness (QED) is 0.412. The fourth-order valence-corrected chi connectivity index (χ4v) is 6.58. The first-order valence-electron chi connectivity index (χ1n) is 13.2. The van der Waals surface area contributed by atoms with Crippen molar-refractivity contribution in [1.82, 2.24) is 24.7 Å². The predicted octanol–water partition coefficient (Wildman–Crippen LogP) is 2.59. The predicted molar refractivity (Wildman–Crippen MR) is 147 cm³/mol. The van der Waals surface area contributed by atoms with Gasteiger partial charge in [-0.2, -0.15) is 0 Å². The van der Waals surface area contributed by atoms with Gasteiger partial charge in [0, 0.05) is 38.8 Å². The molecule has 0 bridgehead atoms. The topological polar surface area (TPSA) is 88.9 Å². The second-order valence-corrected chi connectivity index (χ2v) is 12.4. The molecule has 38 heavy (non-hydrogen) atoms. The summed E-state index contributed by atoms with van der Waals surface area (Å²) < 4.78 is 53.5. The third-order valence-corrected chi connectivity index (χ3v) is 8.67. The minimum Gasteiger partial charge on any atom is -0.379 e. The first kappa shape index (κ1) is 28.9. The minimum absolute atomic E-state index is 0.00296. The van der Waals surface area contributed by atoms with E-state index in [4.69, 9.17) is 21.7 Å². The van der Waals surface area contributed by atoms with Crippen LogP contribution in [0, 0.1) is 5.82 Å². The highest BCUT2D eigenvalue weighted by atomic mass is 32.2. The molecule has 0 aliphatic carbocycles. The van der Waals surface area contributed by atoms with Crippen LogP contribution in [-0.4, -0.2) is 91.0 Å². The Labute approximate surface area is 230 Å². The maximum absolute atomic E-state index is 13.5. The first-order valence-corrected chi connectivity index (χ1v) is 15.3. The molecule has 2 saturated heterocycles. The molecule has 2 aliphatic rings. The number of morpholine rings is 1. The summed E-state index contributed by atoms with van der Waals surface area (Å²) in [6.45, 7) is 10.2. The van der Waals surface area contributed by atoms with Crippen LogP contribution >= 0.6 is 12.2 Å². The van der Waals surface area contributed by atoms with E-state index in [9.17, 15) is 12.8 Å². The molecular weight excluding hydrogens is 529 g/mol. The molecule has 2 fully saturated rings. The van der Waals surface area contributed by atoms with Crippen LogP contribution in [0.15, 0.2) is 35.6 Å². The van der Waals surface area contributed by atoms with E-state index in [-0.39, 0.29) is 23.1 Å². The highest BCUT2D eigenvalue weighted by molar-refractivity contribution is 7.90. The average molecular weight is 568 g/mol. The lowest BCUT2D eigenvalue weighted by Crippen LogP contribution is -2.47. The monoisotopic (exact) mass is 567 g/mol. The lowest BCUT2D eigenvalue weighted by Gasteiger charge is -2.32. The van der Waals surface area contributed by atoms with Gasteiger partial charge >= 0.3 is 0 Å². The number of hydrogen-bond donors (Lipinski definition) is 1. The summed E-state index contributed by atoms with van der Waals surface area (Å²) in [7, 11) is -3.80. The summed E-state index contributed by atoms with van der Waals surface area (Å²) in [6.07, 6.45) is 3.36. The van der Waals surface area contributed by atoms with Gasteiger partial charge in [-0.15, -0.1) is 0 Å². The van der Waals surface area contributed by atoms with E-state index >= 15 is 0 Å². The number of halogens is 1. The highest BCUT2D eigenvalue weighted by Crippen LogP contribution is 2.23. The zero-order valence-electron chi connectivity index (χ0n) is 22.1. The number of rotatable bonds is 11. The molecule has 9 nitrogen and oxygen atoms in total. The van der Waals surface area contributed by atoms with Gasteiger partial charge in [0.05, 0.1) is 50.1 Å². The van der Waals surface area contributed by atoms with Crippen molar-refractivity contribution in [1.29, 1.82) is 0 Å². The Hall–Kier alpha value is -2.12. The van der Waals surface area contributed by atoms with Crippen LogP contribution in [0.4, 0.5) is 4.39 Å². The van der Waals surface area contributed by atoms with Gasteiger partial charge in [0.1, 0.15) is 5.82 Å². The normalized spacial score (nSPS) is 18.7. The van der Waals surface area contributed by atoms with Gasteiger partial charge in [0.2, 0.25) is 15.0 Å². The van der Waals surface area contributed by atoms with Gasteiger partial charge in [-0.05, 0) is 56.6 Å².